The van der Waals surface area contributed by atoms with Gasteiger partial charge in [-0.05, 0) is 50.4 Å². The van der Waals surface area contributed by atoms with E-state index >= 15 is 0 Å². The van der Waals surface area contributed by atoms with Crippen molar-refractivity contribution in [3.05, 3.63) is 23.8 Å². The lowest BCUT2D eigenvalue weighted by molar-refractivity contribution is -0.116. The molecule has 4 nitrogen and oxygen atoms in total. The molecule has 1 heterocycles. The number of carbonyl (C=O) groups excluding carboxylic acids is 1. The first kappa shape index (κ1) is 14.9. The second-order valence-electron chi connectivity index (χ2n) is 5.44. The SMILES string of the molecule is COc1cc(C)ccc1NC(=O)CCC1CCCCN1. The fraction of sp³-hybridized carbons (Fsp3) is 0.562. The summed E-state index contributed by atoms with van der Waals surface area (Å²) in [6, 6.07) is 6.29. The Bertz CT molecular complexity index is 454. The van der Waals surface area contributed by atoms with Crippen LogP contribution in [0.15, 0.2) is 18.2 Å². The van der Waals surface area contributed by atoms with Crippen LogP contribution in [0.2, 0.25) is 0 Å². The Morgan fingerprint density at radius 3 is 3.00 bits per heavy atom. The molecule has 1 saturated heterocycles. The molecule has 1 amide bonds. The van der Waals surface area contributed by atoms with Crippen molar-refractivity contribution in [3.63, 3.8) is 0 Å². The third kappa shape index (κ3) is 4.23. The van der Waals surface area contributed by atoms with E-state index in [4.69, 9.17) is 4.74 Å². The van der Waals surface area contributed by atoms with Gasteiger partial charge in [-0.2, -0.15) is 0 Å². The highest BCUT2D eigenvalue weighted by atomic mass is 16.5. The van der Waals surface area contributed by atoms with Crippen molar-refractivity contribution in [2.45, 2.75) is 45.1 Å². The van der Waals surface area contributed by atoms with Crippen LogP contribution < -0.4 is 15.4 Å². The van der Waals surface area contributed by atoms with Crippen molar-refractivity contribution in [1.82, 2.24) is 5.32 Å². The first-order valence-electron chi connectivity index (χ1n) is 7.37. The lowest BCUT2D eigenvalue weighted by Crippen LogP contribution is -2.34. The minimum absolute atomic E-state index is 0.0551. The predicted molar refractivity (Wildman–Crippen MR) is 81.2 cm³/mol. The number of piperidine rings is 1. The topological polar surface area (TPSA) is 50.4 Å². The van der Waals surface area contributed by atoms with Gasteiger partial charge in [0.1, 0.15) is 5.75 Å². The Morgan fingerprint density at radius 2 is 2.30 bits per heavy atom. The first-order chi connectivity index (χ1) is 9.69. The van der Waals surface area contributed by atoms with E-state index in [0.29, 0.717) is 18.2 Å². The number of amides is 1. The molecule has 0 bridgehead atoms. The van der Waals surface area contributed by atoms with Gasteiger partial charge >= 0.3 is 0 Å². The smallest absolute Gasteiger partial charge is 0.224 e. The summed E-state index contributed by atoms with van der Waals surface area (Å²) >= 11 is 0. The summed E-state index contributed by atoms with van der Waals surface area (Å²) in [5.74, 6) is 0.772. The highest BCUT2D eigenvalue weighted by Gasteiger charge is 2.14. The average molecular weight is 276 g/mol. The van der Waals surface area contributed by atoms with Crippen LogP contribution >= 0.6 is 0 Å². The van der Waals surface area contributed by atoms with Crippen LogP contribution in [0.3, 0.4) is 0 Å². The van der Waals surface area contributed by atoms with Crippen LogP contribution in [0, 0.1) is 6.92 Å². The van der Waals surface area contributed by atoms with Crippen LogP contribution in [-0.2, 0) is 4.79 Å². The molecule has 0 saturated carbocycles. The van der Waals surface area contributed by atoms with Crippen molar-refractivity contribution in [2.75, 3.05) is 19.0 Å². The van der Waals surface area contributed by atoms with Gasteiger partial charge in [0, 0.05) is 12.5 Å². The number of hydrogen-bond donors (Lipinski definition) is 2. The van der Waals surface area contributed by atoms with E-state index in [9.17, 15) is 4.79 Å². The number of hydrogen-bond acceptors (Lipinski definition) is 3. The molecule has 1 aromatic rings. The van der Waals surface area contributed by atoms with Crippen molar-refractivity contribution in [1.29, 1.82) is 0 Å². The molecule has 0 spiro atoms. The van der Waals surface area contributed by atoms with Gasteiger partial charge in [0.15, 0.2) is 0 Å². The Labute approximate surface area is 120 Å². The van der Waals surface area contributed by atoms with Gasteiger partial charge in [-0.25, -0.2) is 0 Å². The number of rotatable bonds is 5. The second kappa shape index (κ2) is 7.29. The minimum Gasteiger partial charge on any atom is -0.495 e. The van der Waals surface area contributed by atoms with Gasteiger partial charge < -0.3 is 15.4 Å². The van der Waals surface area contributed by atoms with Crippen molar-refractivity contribution >= 4 is 11.6 Å². The van der Waals surface area contributed by atoms with E-state index in [0.717, 1.165) is 24.2 Å². The maximum absolute atomic E-state index is 12.0. The van der Waals surface area contributed by atoms with Gasteiger partial charge in [-0.3, -0.25) is 4.79 Å². The zero-order valence-electron chi connectivity index (χ0n) is 12.4. The fourth-order valence-electron chi connectivity index (χ4n) is 2.59. The molecular formula is C16H24N2O2. The second-order valence-corrected chi connectivity index (χ2v) is 5.44. The van der Waals surface area contributed by atoms with Crippen LogP contribution in [-0.4, -0.2) is 25.6 Å². The number of anilines is 1. The number of methoxy groups -OCH3 is 1. The lowest BCUT2D eigenvalue weighted by Gasteiger charge is -2.23. The Hall–Kier alpha value is -1.55. The molecule has 1 fully saturated rings. The van der Waals surface area contributed by atoms with E-state index < -0.39 is 0 Å². The standard InChI is InChI=1S/C16H24N2O2/c1-12-6-8-14(15(11-12)20-2)18-16(19)9-7-13-5-3-4-10-17-13/h6,8,11,13,17H,3-5,7,9-10H2,1-2H3,(H,18,19). The van der Waals surface area contributed by atoms with Crippen LogP contribution in [0.5, 0.6) is 5.75 Å². The highest BCUT2D eigenvalue weighted by molar-refractivity contribution is 5.92. The van der Waals surface area contributed by atoms with Crippen LogP contribution in [0.4, 0.5) is 5.69 Å². The molecule has 0 aliphatic carbocycles. The van der Waals surface area contributed by atoms with E-state index in [2.05, 4.69) is 10.6 Å². The van der Waals surface area contributed by atoms with E-state index in [1.54, 1.807) is 7.11 Å². The Balaban J connectivity index is 1.84. The van der Waals surface area contributed by atoms with Gasteiger partial charge in [0.05, 0.1) is 12.8 Å². The van der Waals surface area contributed by atoms with Crippen LogP contribution in [0.1, 0.15) is 37.7 Å². The lowest BCUT2D eigenvalue weighted by atomic mass is 10.0. The summed E-state index contributed by atoms with van der Waals surface area (Å²) in [5, 5.41) is 6.40. The van der Waals surface area contributed by atoms with Crippen molar-refractivity contribution in [2.24, 2.45) is 0 Å². The molecule has 4 heteroatoms. The number of carbonyl (C=O) groups is 1. The zero-order valence-corrected chi connectivity index (χ0v) is 12.4. The maximum Gasteiger partial charge on any atom is 0.224 e. The number of ether oxygens (including phenoxy) is 1. The molecule has 1 aliphatic rings. The normalized spacial score (nSPS) is 18.6. The quantitative estimate of drug-likeness (QED) is 0.869. The molecule has 1 aromatic carbocycles. The molecule has 0 radical (unpaired) electrons. The third-order valence-electron chi connectivity index (χ3n) is 3.76. The Kier molecular flexibility index (Phi) is 5.41. The zero-order chi connectivity index (χ0) is 14.4. The van der Waals surface area contributed by atoms with Gasteiger partial charge in [0.2, 0.25) is 5.91 Å². The Morgan fingerprint density at radius 1 is 1.45 bits per heavy atom. The summed E-state index contributed by atoms with van der Waals surface area (Å²) < 4.78 is 5.29. The van der Waals surface area contributed by atoms with E-state index in [1.807, 2.05) is 25.1 Å². The minimum atomic E-state index is 0.0551. The first-order valence-corrected chi connectivity index (χ1v) is 7.37. The van der Waals surface area contributed by atoms with E-state index in [1.165, 1.54) is 19.3 Å². The summed E-state index contributed by atoms with van der Waals surface area (Å²) in [5.41, 5.74) is 1.87. The predicted octanol–water partition coefficient (Wildman–Crippen LogP) is 2.86. The molecule has 2 rings (SSSR count). The summed E-state index contributed by atoms with van der Waals surface area (Å²) in [6.07, 6.45) is 5.16. The summed E-state index contributed by atoms with van der Waals surface area (Å²) in [7, 11) is 1.62. The number of aryl methyl sites for hydroxylation is 1. The molecule has 1 aliphatic heterocycles. The summed E-state index contributed by atoms with van der Waals surface area (Å²) in [4.78, 5) is 12.0. The largest absolute Gasteiger partial charge is 0.495 e. The fourth-order valence-corrected chi connectivity index (χ4v) is 2.59. The maximum atomic E-state index is 12.0. The molecule has 1 atom stereocenters. The van der Waals surface area contributed by atoms with Crippen molar-refractivity contribution in [3.8, 4) is 5.75 Å². The summed E-state index contributed by atoms with van der Waals surface area (Å²) in [6.45, 7) is 3.08. The van der Waals surface area contributed by atoms with Gasteiger partial charge in [0.25, 0.3) is 0 Å². The highest BCUT2D eigenvalue weighted by Crippen LogP contribution is 2.25. The molecular weight excluding hydrogens is 252 g/mol. The van der Waals surface area contributed by atoms with Gasteiger partial charge in [-0.15, -0.1) is 0 Å². The molecule has 20 heavy (non-hydrogen) atoms. The molecule has 0 aromatic heterocycles. The molecule has 2 N–H and O–H groups in total. The number of benzene rings is 1. The van der Waals surface area contributed by atoms with E-state index in [-0.39, 0.29) is 5.91 Å². The van der Waals surface area contributed by atoms with Crippen molar-refractivity contribution < 1.29 is 9.53 Å². The number of nitrogens with one attached hydrogen (secondary N) is 2. The molecule has 110 valence electrons. The third-order valence-corrected chi connectivity index (χ3v) is 3.76. The monoisotopic (exact) mass is 276 g/mol. The van der Waals surface area contributed by atoms with Crippen LogP contribution in [0.25, 0.3) is 0 Å². The average Bonchev–Trinajstić information content (AvgIpc) is 2.48. The molecule has 1 unspecified atom stereocenters. The van der Waals surface area contributed by atoms with Gasteiger partial charge in [-0.1, -0.05) is 12.5 Å².